The van der Waals surface area contributed by atoms with Crippen molar-refractivity contribution in [3.63, 3.8) is 0 Å². The number of hydrogen-bond donors (Lipinski definition) is 0. The zero-order valence-electron chi connectivity index (χ0n) is 24.3. The van der Waals surface area contributed by atoms with Crippen molar-refractivity contribution in [2.24, 2.45) is 5.92 Å². The minimum atomic E-state index is -0.951. The summed E-state index contributed by atoms with van der Waals surface area (Å²) in [4.78, 5) is 21.2. The standard InChI is InChI=1S/C33H34N4O5S/c1-33(29-10-8-24(18-34)43-29)41-28-6-4-3-5-25(28)31(42-33)21-11-14-36(15-12-21)20-30-35-26-9-7-22(32(38)39-2)17-27(26)37(30)19-23-13-16-40-23/h3-10,17,21,23,31H,11-16,19-20H2,1-2H3/t23-,31?,33?/m0/s1. The number of methoxy groups -OCH3 is 1. The minimum absolute atomic E-state index is 0.109. The summed E-state index contributed by atoms with van der Waals surface area (Å²) in [5.74, 6) is 0.843. The minimum Gasteiger partial charge on any atom is -0.465 e. The Kier molecular flexibility index (Phi) is 7.43. The number of likely N-dealkylation sites (tertiary alicyclic amines) is 1. The molecule has 4 aromatic rings. The molecule has 0 amide bonds. The molecule has 0 bridgehead atoms. The number of nitrogens with zero attached hydrogens (tertiary/aromatic N) is 4. The molecule has 9 nitrogen and oxygen atoms in total. The van der Waals surface area contributed by atoms with Crippen LogP contribution in [0.1, 0.15) is 63.8 Å². The second kappa shape index (κ2) is 11.4. The number of thiophene rings is 1. The first-order valence-electron chi connectivity index (χ1n) is 14.8. The van der Waals surface area contributed by atoms with Crippen LogP contribution in [0.25, 0.3) is 11.0 Å². The third kappa shape index (κ3) is 5.31. The number of benzene rings is 2. The number of nitriles is 1. The first-order valence-corrected chi connectivity index (χ1v) is 15.6. The van der Waals surface area contributed by atoms with Gasteiger partial charge in [0.1, 0.15) is 22.5 Å². The number of piperidine rings is 1. The van der Waals surface area contributed by atoms with Gasteiger partial charge >= 0.3 is 5.97 Å². The van der Waals surface area contributed by atoms with Crippen LogP contribution in [-0.4, -0.2) is 53.3 Å². The predicted octanol–water partition coefficient (Wildman–Crippen LogP) is 5.78. The monoisotopic (exact) mass is 598 g/mol. The lowest BCUT2D eigenvalue weighted by Crippen LogP contribution is -2.42. The van der Waals surface area contributed by atoms with Gasteiger partial charge in [-0.3, -0.25) is 4.90 Å². The molecule has 2 fully saturated rings. The normalized spacial score (nSPS) is 24.1. The Hall–Kier alpha value is -3.75. The third-order valence-electron chi connectivity index (χ3n) is 8.90. The first kappa shape index (κ1) is 28.0. The Morgan fingerprint density at radius 1 is 1.16 bits per heavy atom. The van der Waals surface area contributed by atoms with Crippen LogP contribution in [-0.2, 0) is 33.1 Å². The van der Waals surface area contributed by atoms with E-state index in [4.69, 9.17) is 23.9 Å². The van der Waals surface area contributed by atoms with Gasteiger partial charge in [0.25, 0.3) is 0 Å². The van der Waals surface area contributed by atoms with Gasteiger partial charge in [-0.1, -0.05) is 18.2 Å². The highest BCUT2D eigenvalue weighted by Gasteiger charge is 2.44. The highest BCUT2D eigenvalue weighted by Crippen LogP contribution is 2.49. The Morgan fingerprint density at radius 3 is 2.70 bits per heavy atom. The lowest BCUT2D eigenvalue weighted by Gasteiger charge is -2.44. The molecule has 0 radical (unpaired) electrons. The van der Waals surface area contributed by atoms with E-state index in [2.05, 4.69) is 21.6 Å². The van der Waals surface area contributed by atoms with Gasteiger partial charge in [0.15, 0.2) is 0 Å². The Morgan fingerprint density at radius 2 is 1.98 bits per heavy atom. The van der Waals surface area contributed by atoms with Crippen molar-refractivity contribution in [3.05, 3.63) is 81.3 Å². The number of fused-ring (bicyclic) bond motifs is 2. The highest BCUT2D eigenvalue weighted by atomic mass is 32.1. The van der Waals surface area contributed by atoms with Crippen molar-refractivity contribution >= 4 is 28.3 Å². The number of ether oxygens (including phenoxy) is 4. The number of esters is 1. The molecule has 2 aromatic carbocycles. The Balaban J connectivity index is 1.10. The van der Waals surface area contributed by atoms with Crippen LogP contribution in [0, 0.1) is 17.2 Å². The molecular weight excluding hydrogens is 564 g/mol. The van der Waals surface area contributed by atoms with Crippen molar-refractivity contribution < 1.29 is 23.7 Å². The maximum absolute atomic E-state index is 12.2. The van der Waals surface area contributed by atoms with Crippen LogP contribution in [0.2, 0.25) is 0 Å². The summed E-state index contributed by atoms with van der Waals surface area (Å²) >= 11 is 1.42. The van der Waals surface area contributed by atoms with Crippen LogP contribution in [0.15, 0.2) is 54.6 Å². The van der Waals surface area contributed by atoms with Gasteiger partial charge in [-0.2, -0.15) is 5.26 Å². The van der Waals surface area contributed by atoms with Crippen LogP contribution >= 0.6 is 11.3 Å². The average Bonchev–Trinajstić information content (AvgIpc) is 3.63. The summed E-state index contributed by atoms with van der Waals surface area (Å²) in [5.41, 5.74) is 3.41. The molecule has 2 aromatic heterocycles. The van der Waals surface area contributed by atoms with E-state index in [1.807, 2.05) is 49.4 Å². The van der Waals surface area contributed by atoms with Gasteiger partial charge in [0.2, 0.25) is 5.79 Å². The second-order valence-electron chi connectivity index (χ2n) is 11.6. The lowest BCUT2D eigenvalue weighted by atomic mass is 9.86. The van der Waals surface area contributed by atoms with E-state index in [1.54, 1.807) is 6.07 Å². The SMILES string of the molecule is COC(=O)c1ccc2nc(CN3CCC(C4OC(C)(c5ccc(C#N)s5)Oc5ccccc54)CC3)n(C[C@@H]3CCO3)c2c1. The van der Waals surface area contributed by atoms with Gasteiger partial charge in [0.05, 0.1) is 53.9 Å². The second-order valence-corrected chi connectivity index (χ2v) is 12.7. The number of carbonyl (C=O) groups is 1. The fraction of sp³-hybridized carbons (Fsp3) is 0.424. The maximum Gasteiger partial charge on any atom is 0.337 e. The van der Waals surface area contributed by atoms with Crippen LogP contribution in [0.3, 0.4) is 0 Å². The summed E-state index contributed by atoms with van der Waals surface area (Å²) in [6, 6.07) is 19.7. The van der Waals surface area contributed by atoms with E-state index in [1.165, 1.54) is 18.4 Å². The molecule has 2 unspecified atom stereocenters. The molecule has 2 saturated heterocycles. The summed E-state index contributed by atoms with van der Waals surface area (Å²) in [6.45, 7) is 6.01. The van der Waals surface area contributed by atoms with Crippen LogP contribution in [0.5, 0.6) is 5.75 Å². The lowest BCUT2D eigenvalue weighted by molar-refractivity contribution is -0.240. The van der Waals surface area contributed by atoms with Crippen molar-refractivity contribution in [3.8, 4) is 11.8 Å². The van der Waals surface area contributed by atoms with Gasteiger partial charge in [-0.05, 0) is 74.7 Å². The van der Waals surface area contributed by atoms with Crippen molar-refractivity contribution in [2.75, 3.05) is 26.8 Å². The number of rotatable bonds is 7. The average molecular weight is 599 g/mol. The summed E-state index contributed by atoms with van der Waals surface area (Å²) < 4.78 is 26.2. The Bertz CT molecular complexity index is 1700. The quantitative estimate of drug-likeness (QED) is 0.247. The topological polar surface area (TPSA) is 98.8 Å². The molecule has 0 aliphatic carbocycles. The molecule has 0 saturated carbocycles. The number of para-hydroxylation sites is 1. The molecular formula is C33H34N4O5S. The van der Waals surface area contributed by atoms with E-state index in [0.29, 0.717) is 22.9 Å². The van der Waals surface area contributed by atoms with Crippen molar-refractivity contribution in [2.45, 2.75) is 57.3 Å². The number of aromatic nitrogens is 2. The third-order valence-corrected chi connectivity index (χ3v) is 10.1. The van der Waals surface area contributed by atoms with Crippen LogP contribution < -0.4 is 4.74 Å². The van der Waals surface area contributed by atoms with Gasteiger partial charge in [0, 0.05) is 19.1 Å². The predicted molar refractivity (Wildman–Crippen MR) is 161 cm³/mol. The number of imidazole rings is 1. The van der Waals surface area contributed by atoms with Gasteiger partial charge in [-0.15, -0.1) is 11.3 Å². The highest BCUT2D eigenvalue weighted by molar-refractivity contribution is 7.12. The molecule has 0 spiro atoms. The number of carbonyl (C=O) groups excluding carboxylic acids is 1. The van der Waals surface area contributed by atoms with Gasteiger partial charge < -0.3 is 23.5 Å². The molecule has 3 atom stereocenters. The Labute approximate surface area is 254 Å². The van der Waals surface area contributed by atoms with Crippen LogP contribution in [0.4, 0.5) is 0 Å². The van der Waals surface area contributed by atoms with Crippen molar-refractivity contribution in [1.82, 2.24) is 14.5 Å². The molecule has 222 valence electrons. The molecule has 10 heteroatoms. The zero-order chi connectivity index (χ0) is 29.6. The molecule has 0 N–H and O–H groups in total. The summed E-state index contributed by atoms with van der Waals surface area (Å²) in [7, 11) is 1.40. The van der Waals surface area contributed by atoms with E-state index in [0.717, 1.165) is 78.6 Å². The fourth-order valence-electron chi connectivity index (χ4n) is 6.44. The fourth-order valence-corrected chi connectivity index (χ4v) is 7.27. The van der Waals surface area contributed by atoms with E-state index < -0.39 is 5.79 Å². The zero-order valence-corrected chi connectivity index (χ0v) is 25.1. The summed E-state index contributed by atoms with van der Waals surface area (Å²) in [6.07, 6.45) is 3.02. The first-order chi connectivity index (χ1) is 20.9. The summed E-state index contributed by atoms with van der Waals surface area (Å²) in [5, 5.41) is 9.38. The number of hydrogen-bond acceptors (Lipinski definition) is 9. The molecule has 7 rings (SSSR count). The smallest absolute Gasteiger partial charge is 0.337 e. The molecule has 43 heavy (non-hydrogen) atoms. The largest absolute Gasteiger partial charge is 0.465 e. The molecule has 5 heterocycles. The molecule has 3 aliphatic heterocycles. The van der Waals surface area contributed by atoms with E-state index in [9.17, 15) is 10.1 Å². The molecule has 3 aliphatic rings. The van der Waals surface area contributed by atoms with E-state index >= 15 is 0 Å². The van der Waals surface area contributed by atoms with E-state index in [-0.39, 0.29) is 18.2 Å². The maximum atomic E-state index is 12.2. The van der Waals surface area contributed by atoms with Crippen molar-refractivity contribution in [1.29, 1.82) is 5.26 Å². The van der Waals surface area contributed by atoms with Gasteiger partial charge in [-0.25, -0.2) is 9.78 Å².